The van der Waals surface area contributed by atoms with Crippen molar-refractivity contribution in [1.29, 1.82) is 0 Å². The number of para-hydroxylation sites is 1. The van der Waals surface area contributed by atoms with Gasteiger partial charge in [0, 0.05) is 33.9 Å². The summed E-state index contributed by atoms with van der Waals surface area (Å²) in [5.41, 5.74) is 3.88. The quantitative estimate of drug-likeness (QED) is 0.564. The van der Waals surface area contributed by atoms with E-state index >= 15 is 0 Å². The van der Waals surface area contributed by atoms with Gasteiger partial charge in [0.05, 0.1) is 0 Å². The van der Waals surface area contributed by atoms with Gasteiger partial charge in [0.15, 0.2) is 0 Å². The van der Waals surface area contributed by atoms with Gasteiger partial charge in [-0.25, -0.2) is 0 Å². The number of benzene rings is 2. The second-order valence-corrected chi connectivity index (χ2v) is 7.91. The molecule has 0 aliphatic carbocycles. The Labute approximate surface area is 161 Å². The molecule has 0 saturated heterocycles. The highest BCUT2D eigenvalue weighted by molar-refractivity contribution is 9.10. The number of nitrogens with zero attached hydrogens (tertiary/aromatic N) is 1. The molecule has 0 fully saturated rings. The minimum absolute atomic E-state index is 0.171. The average Bonchev–Trinajstić information content (AvgIpc) is 2.76. The van der Waals surface area contributed by atoms with Crippen molar-refractivity contribution < 1.29 is 4.79 Å². The molecule has 25 heavy (non-hydrogen) atoms. The van der Waals surface area contributed by atoms with Crippen molar-refractivity contribution in [2.24, 2.45) is 0 Å². The van der Waals surface area contributed by atoms with E-state index in [1.165, 1.54) is 11.3 Å². The highest BCUT2D eigenvalue weighted by Crippen LogP contribution is 2.46. The van der Waals surface area contributed by atoms with E-state index in [2.05, 4.69) is 52.1 Å². The number of amides is 1. The van der Waals surface area contributed by atoms with E-state index in [9.17, 15) is 4.79 Å². The molecule has 1 amide bonds. The van der Waals surface area contributed by atoms with Crippen molar-refractivity contribution in [2.45, 2.75) is 19.3 Å². The van der Waals surface area contributed by atoms with Crippen LogP contribution in [0.15, 0.2) is 64.8 Å². The van der Waals surface area contributed by atoms with E-state index < -0.39 is 0 Å². The molecule has 0 unspecified atom stereocenters. The van der Waals surface area contributed by atoms with Gasteiger partial charge in [0.2, 0.25) is 0 Å². The van der Waals surface area contributed by atoms with Crippen LogP contribution in [0, 0.1) is 0 Å². The molecular weight excluding hydrogens is 396 g/mol. The highest BCUT2D eigenvalue weighted by Gasteiger charge is 2.38. The Hall–Kier alpha value is -1.98. The van der Waals surface area contributed by atoms with Crippen molar-refractivity contribution in [1.82, 2.24) is 5.32 Å². The van der Waals surface area contributed by atoms with E-state index in [4.69, 9.17) is 12.2 Å². The largest absolute Gasteiger partial charge is 0.347 e. The maximum Gasteiger partial charge on any atom is 0.256 e. The number of rotatable bonds is 2. The van der Waals surface area contributed by atoms with Crippen LogP contribution in [0.2, 0.25) is 0 Å². The number of hydrogen-bond donors (Lipinski definition) is 1. The third kappa shape index (κ3) is 3.39. The fraction of sp³-hybridized carbons (Fsp3) is 0.200. The molecule has 2 aromatic rings. The Kier molecular flexibility index (Phi) is 4.80. The van der Waals surface area contributed by atoms with Gasteiger partial charge in [0.1, 0.15) is 4.99 Å². The lowest BCUT2D eigenvalue weighted by atomic mass is 9.84. The molecular formula is C20H19BrN2OS. The fourth-order valence-electron chi connectivity index (χ4n) is 3.23. The van der Waals surface area contributed by atoms with E-state index in [1.807, 2.05) is 37.4 Å². The molecule has 128 valence electrons. The molecule has 2 aromatic carbocycles. The van der Waals surface area contributed by atoms with Gasteiger partial charge in [-0.15, -0.1) is 0 Å². The SMILES string of the molecule is CN1/C(=C/C(=S)NC(=O)c2cccc(Br)c2)C(C)(C)c2ccccc21. The van der Waals surface area contributed by atoms with Crippen LogP contribution in [0.25, 0.3) is 0 Å². The van der Waals surface area contributed by atoms with Crippen LogP contribution < -0.4 is 10.2 Å². The van der Waals surface area contributed by atoms with Gasteiger partial charge >= 0.3 is 0 Å². The number of allylic oxidation sites excluding steroid dienone is 1. The predicted molar refractivity (Wildman–Crippen MR) is 110 cm³/mol. The number of anilines is 1. The van der Waals surface area contributed by atoms with Gasteiger partial charge in [-0.05, 0) is 35.9 Å². The molecule has 1 heterocycles. The Morgan fingerprint density at radius 1 is 1.20 bits per heavy atom. The number of carbonyl (C=O) groups is 1. The summed E-state index contributed by atoms with van der Waals surface area (Å²) in [7, 11) is 2.03. The summed E-state index contributed by atoms with van der Waals surface area (Å²) >= 11 is 8.79. The Bertz CT molecular complexity index is 889. The van der Waals surface area contributed by atoms with Gasteiger partial charge in [0.25, 0.3) is 5.91 Å². The van der Waals surface area contributed by atoms with Gasteiger partial charge < -0.3 is 10.2 Å². The molecule has 0 spiro atoms. The number of nitrogens with one attached hydrogen (secondary N) is 1. The molecule has 0 atom stereocenters. The third-order valence-electron chi connectivity index (χ3n) is 4.53. The van der Waals surface area contributed by atoms with E-state index in [0.717, 1.165) is 10.2 Å². The normalized spacial score (nSPS) is 16.6. The minimum Gasteiger partial charge on any atom is -0.347 e. The van der Waals surface area contributed by atoms with Crippen molar-refractivity contribution in [2.75, 3.05) is 11.9 Å². The van der Waals surface area contributed by atoms with E-state index in [0.29, 0.717) is 10.6 Å². The summed E-state index contributed by atoms with van der Waals surface area (Å²) in [4.78, 5) is 14.9. The monoisotopic (exact) mass is 414 g/mol. The van der Waals surface area contributed by atoms with Crippen LogP contribution in [0.4, 0.5) is 5.69 Å². The first-order chi connectivity index (χ1) is 11.8. The minimum atomic E-state index is -0.209. The van der Waals surface area contributed by atoms with Gasteiger partial charge in [-0.1, -0.05) is 66.3 Å². The Morgan fingerprint density at radius 3 is 2.60 bits per heavy atom. The molecule has 1 aliphatic rings. The first kappa shape index (κ1) is 17.8. The van der Waals surface area contributed by atoms with Crippen LogP contribution in [-0.4, -0.2) is 17.9 Å². The summed E-state index contributed by atoms with van der Waals surface area (Å²) < 4.78 is 0.858. The molecule has 5 heteroatoms. The zero-order valence-corrected chi connectivity index (χ0v) is 16.7. The predicted octanol–water partition coefficient (Wildman–Crippen LogP) is 4.82. The summed E-state index contributed by atoms with van der Waals surface area (Å²) in [5.74, 6) is -0.209. The first-order valence-electron chi connectivity index (χ1n) is 7.97. The lowest BCUT2D eigenvalue weighted by Gasteiger charge is -2.24. The molecule has 0 aromatic heterocycles. The second kappa shape index (κ2) is 6.73. The van der Waals surface area contributed by atoms with Crippen LogP contribution in [0.1, 0.15) is 29.8 Å². The molecule has 1 N–H and O–H groups in total. The number of thiocarbonyl (C=S) groups is 1. The van der Waals surface area contributed by atoms with Crippen LogP contribution >= 0.6 is 28.1 Å². The second-order valence-electron chi connectivity index (χ2n) is 6.56. The Balaban J connectivity index is 1.84. The molecule has 0 saturated carbocycles. The van der Waals surface area contributed by atoms with Crippen molar-refractivity contribution in [3.8, 4) is 0 Å². The number of fused-ring (bicyclic) bond motifs is 1. The summed E-state index contributed by atoms with van der Waals surface area (Å²) in [6, 6.07) is 15.5. The lowest BCUT2D eigenvalue weighted by Crippen LogP contribution is -2.31. The van der Waals surface area contributed by atoms with E-state index in [-0.39, 0.29) is 11.3 Å². The van der Waals surface area contributed by atoms with Crippen molar-refractivity contribution in [3.05, 3.63) is 75.9 Å². The molecule has 0 bridgehead atoms. The molecule has 0 radical (unpaired) electrons. The number of hydrogen-bond acceptors (Lipinski definition) is 3. The fourth-order valence-corrected chi connectivity index (χ4v) is 3.84. The number of carbonyl (C=O) groups excluding carboxylic acids is 1. The summed E-state index contributed by atoms with van der Waals surface area (Å²) in [5, 5.41) is 2.80. The van der Waals surface area contributed by atoms with Crippen LogP contribution in [0.3, 0.4) is 0 Å². The maximum absolute atomic E-state index is 12.4. The van der Waals surface area contributed by atoms with Gasteiger partial charge in [-0.3, -0.25) is 4.79 Å². The molecule has 3 rings (SSSR count). The zero-order valence-electron chi connectivity index (χ0n) is 14.3. The highest BCUT2D eigenvalue weighted by atomic mass is 79.9. The topological polar surface area (TPSA) is 32.3 Å². The maximum atomic E-state index is 12.4. The standard InChI is InChI=1S/C20H19BrN2OS/c1-20(2)15-9-4-5-10-16(15)23(3)17(20)12-18(25)22-19(24)13-7-6-8-14(21)11-13/h4-12H,1-3H3,(H,22,24,25)/b17-12+. The van der Waals surface area contributed by atoms with E-state index in [1.54, 1.807) is 12.1 Å². The van der Waals surface area contributed by atoms with Gasteiger partial charge in [-0.2, -0.15) is 0 Å². The van der Waals surface area contributed by atoms with Crippen molar-refractivity contribution >= 4 is 44.7 Å². The summed E-state index contributed by atoms with van der Waals surface area (Å²) in [6.45, 7) is 4.33. The van der Waals surface area contributed by atoms with Crippen molar-refractivity contribution in [3.63, 3.8) is 0 Å². The average molecular weight is 415 g/mol. The van der Waals surface area contributed by atoms with Crippen LogP contribution in [0.5, 0.6) is 0 Å². The molecule has 1 aliphatic heterocycles. The number of halogens is 1. The first-order valence-corrected chi connectivity index (χ1v) is 9.17. The molecule has 3 nitrogen and oxygen atoms in total. The summed E-state index contributed by atoms with van der Waals surface area (Å²) in [6.07, 6.45) is 1.88. The Morgan fingerprint density at radius 2 is 1.92 bits per heavy atom. The van der Waals surface area contributed by atoms with Crippen LogP contribution in [-0.2, 0) is 5.41 Å². The zero-order chi connectivity index (χ0) is 18.2. The third-order valence-corrected chi connectivity index (χ3v) is 5.24. The smallest absolute Gasteiger partial charge is 0.256 e. The number of likely N-dealkylation sites (N-methyl/N-ethyl adjacent to an activating group) is 1. The lowest BCUT2D eigenvalue weighted by molar-refractivity contribution is 0.0978.